The van der Waals surface area contributed by atoms with Gasteiger partial charge in [-0.3, -0.25) is 14.6 Å². The minimum atomic E-state index is -0.681. The first-order valence-electron chi connectivity index (χ1n) is 5.42. The van der Waals surface area contributed by atoms with Gasteiger partial charge in [0.15, 0.2) is 5.03 Å². The quantitative estimate of drug-likeness (QED) is 0.584. The maximum atomic E-state index is 11.6. The number of carbonyl (C=O) groups is 1. The molecule has 1 aromatic heterocycles. The normalized spacial score (nSPS) is 12.4. The van der Waals surface area contributed by atoms with Crippen molar-refractivity contribution in [1.29, 1.82) is 0 Å². The summed E-state index contributed by atoms with van der Waals surface area (Å²) >= 11 is 0.939. The number of hydrogen-bond donors (Lipinski definition) is 2. The highest BCUT2D eigenvalue weighted by Gasteiger charge is 2.19. The highest BCUT2D eigenvalue weighted by molar-refractivity contribution is 8.00. The van der Waals surface area contributed by atoms with Crippen LogP contribution in [0.2, 0.25) is 0 Å². The van der Waals surface area contributed by atoms with Gasteiger partial charge in [0.25, 0.3) is 5.56 Å². The molecule has 8 heteroatoms. The second-order valence-corrected chi connectivity index (χ2v) is 5.43. The number of aromatic amines is 2. The first-order chi connectivity index (χ1) is 8.40. The number of nitrogens with zero attached hydrogens (tertiary/aromatic N) is 1. The van der Waals surface area contributed by atoms with Crippen molar-refractivity contribution >= 4 is 17.7 Å². The van der Waals surface area contributed by atoms with E-state index in [2.05, 4.69) is 10.2 Å². The van der Waals surface area contributed by atoms with Crippen LogP contribution < -0.4 is 11.2 Å². The highest BCUT2D eigenvalue weighted by Crippen LogP contribution is 2.17. The van der Waals surface area contributed by atoms with E-state index in [1.54, 1.807) is 6.92 Å². The van der Waals surface area contributed by atoms with Gasteiger partial charge in [-0.15, -0.1) is 0 Å². The van der Waals surface area contributed by atoms with Crippen LogP contribution in [0.15, 0.2) is 14.6 Å². The van der Waals surface area contributed by atoms with Gasteiger partial charge < -0.3 is 4.74 Å². The van der Waals surface area contributed by atoms with Crippen LogP contribution in [0.4, 0.5) is 0 Å². The Morgan fingerprint density at radius 1 is 1.39 bits per heavy atom. The van der Waals surface area contributed by atoms with Gasteiger partial charge in [0.1, 0.15) is 5.25 Å². The third kappa shape index (κ3) is 4.36. The number of carbonyl (C=O) groups excluding carboxylic acids is 1. The van der Waals surface area contributed by atoms with E-state index in [4.69, 9.17) is 4.74 Å². The van der Waals surface area contributed by atoms with E-state index in [-0.39, 0.29) is 10.9 Å². The van der Waals surface area contributed by atoms with E-state index in [0.717, 1.165) is 11.8 Å². The van der Waals surface area contributed by atoms with Crippen LogP contribution in [0.1, 0.15) is 20.8 Å². The Balaban J connectivity index is 2.64. The van der Waals surface area contributed by atoms with Crippen LogP contribution in [-0.4, -0.2) is 33.0 Å². The van der Waals surface area contributed by atoms with Gasteiger partial charge in [-0.05, 0) is 12.8 Å². The fourth-order valence-corrected chi connectivity index (χ4v) is 1.75. The first kappa shape index (κ1) is 14.5. The summed E-state index contributed by atoms with van der Waals surface area (Å²) in [6.07, 6.45) is 0. The Hall–Kier alpha value is -1.57. The number of H-pyrrole nitrogens is 2. The number of rotatable bonds is 5. The van der Waals surface area contributed by atoms with Crippen molar-refractivity contribution in [1.82, 2.24) is 15.2 Å². The lowest BCUT2D eigenvalue weighted by Crippen LogP contribution is -2.27. The molecule has 1 atom stereocenters. The molecular formula is C10H15N3O4S. The van der Waals surface area contributed by atoms with Crippen molar-refractivity contribution in [3.8, 4) is 0 Å². The van der Waals surface area contributed by atoms with Crippen LogP contribution in [0.3, 0.4) is 0 Å². The molecule has 0 spiro atoms. The molecule has 0 aliphatic rings. The zero-order valence-corrected chi connectivity index (χ0v) is 11.2. The highest BCUT2D eigenvalue weighted by atomic mass is 32.2. The van der Waals surface area contributed by atoms with Crippen molar-refractivity contribution in [2.75, 3.05) is 6.61 Å². The molecule has 0 amide bonds. The molecule has 7 nitrogen and oxygen atoms in total. The average molecular weight is 273 g/mol. The Bertz CT molecular complexity index is 522. The minimum absolute atomic E-state index is 0.0311. The maximum Gasteiger partial charge on any atom is 0.342 e. The molecule has 0 bridgehead atoms. The zero-order valence-electron chi connectivity index (χ0n) is 10.4. The molecule has 0 aliphatic carbocycles. The fourth-order valence-electron chi connectivity index (χ4n) is 0.998. The van der Waals surface area contributed by atoms with Gasteiger partial charge in [-0.1, -0.05) is 25.6 Å². The van der Waals surface area contributed by atoms with Gasteiger partial charge in [-0.25, -0.2) is 9.89 Å². The smallest absolute Gasteiger partial charge is 0.342 e. The summed E-state index contributed by atoms with van der Waals surface area (Å²) < 4.78 is 5.03. The van der Waals surface area contributed by atoms with Crippen LogP contribution in [0.25, 0.3) is 0 Å². The maximum absolute atomic E-state index is 11.6. The van der Waals surface area contributed by atoms with Crippen LogP contribution >= 0.6 is 11.8 Å². The van der Waals surface area contributed by atoms with Gasteiger partial charge in [0.2, 0.25) is 0 Å². The molecule has 18 heavy (non-hydrogen) atoms. The number of ether oxygens (including phenoxy) is 1. The van der Waals surface area contributed by atoms with E-state index in [1.807, 2.05) is 18.8 Å². The third-order valence-corrected chi connectivity index (χ3v) is 2.91. The second kappa shape index (κ2) is 6.39. The number of hydrogen-bond acceptors (Lipinski definition) is 6. The molecule has 0 fully saturated rings. The summed E-state index contributed by atoms with van der Waals surface area (Å²) in [7, 11) is 0. The first-order valence-corrected chi connectivity index (χ1v) is 6.30. The van der Waals surface area contributed by atoms with Crippen LogP contribution in [0.5, 0.6) is 0 Å². The monoisotopic (exact) mass is 273 g/mol. The summed E-state index contributed by atoms with van der Waals surface area (Å²) in [5.74, 6) is -0.165. The van der Waals surface area contributed by atoms with Crippen molar-refractivity contribution < 1.29 is 9.53 Å². The molecule has 0 aromatic carbocycles. The van der Waals surface area contributed by atoms with Gasteiger partial charge in [-0.2, -0.15) is 5.10 Å². The topological polar surface area (TPSA) is 105 Å². The molecule has 1 aromatic rings. The molecule has 0 radical (unpaired) electrons. The SMILES string of the molecule is CC(C)COC(=O)C(C)Sc1n[nH]c(=O)[nH]c1=O. The van der Waals surface area contributed by atoms with E-state index < -0.39 is 22.5 Å². The van der Waals surface area contributed by atoms with E-state index >= 15 is 0 Å². The lowest BCUT2D eigenvalue weighted by molar-refractivity contribution is -0.143. The zero-order chi connectivity index (χ0) is 13.7. The van der Waals surface area contributed by atoms with E-state index in [0.29, 0.717) is 6.61 Å². The molecule has 100 valence electrons. The summed E-state index contributed by atoms with van der Waals surface area (Å²) in [4.78, 5) is 35.7. The Morgan fingerprint density at radius 2 is 2.06 bits per heavy atom. The van der Waals surface area contributed by atoms with Crippen molar-refractivity contribution in [3.63, 3.8) is 0 Å². The van der Waals surface area contributed by atoms with Crippen molar-refractivity contribution in [3.05, 3.63) is 20.8 Å². The number of thioether (sulfide) groups is 1. The largest absolute Gasteiger partial charge is 0.465 e. The molecule has 0 saturated carbocycles. The third-order valence-electron chi connectivity index (χ3n) is 1.86. The summed E-state index contributed by atoms with van der Waals surface area (Å²) in [5, 5.41) is 5.14. The van der Waals surface area contributed by atoms with Crippen molar-refractivity contribution in [2.45, 2.75) is 31.0 Å². The van der Waals surface area contributed by atoms with E-state index in [1.165, 1.54) is 0 Å². The Labute approximate surface area is 107 Å². The van der Waals surface area contributed by atoms with Gasteiger partial charge in [0, 0.05) is 0 Å². The van der Waals surface area contributed by atoms with Crippen LogP contribution in [0, 0.1) is 5.92 Å². The molecule has 1 unspecified atom stereocenters. The predicted octanol–water partition coefficient (Wildman–Crippen LogP) is 0.138. The Kier molecular flexibility index (Phi) is 5.14. The number of aromatic nitrogens is 3. The number of nitrogens with one attached hydrogen (secondary N) is 2. The second-order valence-electron chi connectivity index (χ2n) is 4.10. The summed E-state index contributed by atoms with van der Waals surface area (Å²) in [5.41, 5.74) is -1.30. The Morgan fingerprint density at radius 3 is 2.61 bits per heavy atom. The molecule has 1 heterocycles. The summed E-state index contributed by atoms with van der Waals surface area (Å²) in [6.45, 7) is 5.80. The van der Waals surface area contributed by atoms with E-state index in [9.17, 15) is 14.4 Å². The molecule has 0 aliphatic heterocycles. The summed E-state index contributed by atoms with van der Waals surface area (Å²) in [6, 6.07) is 0. The standard InChI is InChI=1S/C10H15N3O4S/c1-5(2)4-17-9(15)6(3)18-8-7(14)11-10(16)13-12-8/h5-6H,4H2,1-3H3,(H2,11,13,14,16). The van der Waals surface area contributed by atoms with Gasteiger partial charge in [0.05, 0.1) is 6.61 Å². The average Bonchev–Trinajstić information content (AvgIpc) is 2.29. The van der Waals surface area contributed by atoms with Crippen molar-refractivity contribution in [2.24, 2.45) is 5.92 Å². The lowest BCUT2D eigenvalue weighted by Gasteiger charge is -2.11. The van der Waals surface area contributed by atoms with Crippen LogP contribution in [-0.2, 0) is 9.53 Å². The molecular weight excluding hydrogens is 258 g/mol. The van der Waals surface area contributed by atoms with Gasteiger partial charge >= 0.3 is 11.7 Å². The lowest BCUT2D eigenvalue weighted by atomic mass is 10.2. The number of esters is 1. The fraction of sp³-hybridized carbons (Fsp3) is 0.600. The minimum Gasteiger partial charge on any atom is -0.465 e. The molecule has 2 N–H and O–H groups in total. The molecule has 0 saturated heterocycles. The predicted molar refractivity (Wildman–Crippen MR) is 66.6 cm³/mol. The molecule has 1 rings (SSSR count).